The number of ether oxygens (including phenoxy) is 1. The van der Waals surface area contributed by atoms with E-state index in [0.717, 1.165) is 12.2 Å². The van der Waals surface area contributed by atoms with E-state index in [1.165, 1.54) is 10.4 Å². The smallest absolute Gasteiger partial charge is 0.119 e. The fourth-order valence-corrected chi connectivity index (χ4v) is 3.10. The zero-order valence-corrected chi connectivity index (χ0v) is 12.4. The summed E-state index contributed by atoms with van der Waals surface area (Å²) in [7, 11) is 0. The predicted molar refractivity (Wildman–Crippen MR) is 82.0 cm³/mol. The Kier molecular flexibility index (Phi) is 4.61. The molecule has 0 radical (unpaired) electrons. The van der Waals surface area contributed by atoms with Crippen LogP contribution in [0.3, 0.4) is 0 Å². The van der Waals surface area contributed by atoms with E-state index >= 15 is 0 Å². The first kappa shape index (κ1) is 14.1. The molecular weight excluding hydrogens is 254 g/mol. The average molecular weight is 275 g/mol. The lowest BCUT2D eigenvalue weighted by atomic mass is 9.82. The van der Waals surface area contributed by atoms with Crippen LogP contribution in [0.1, 0.15) is 24.3 Å². The van der Waals surface area contributed by atoms with Crippen molar-refractivity contribution >= 4 is 11.3 Å². The minimum absolute atomic E-state index is 0.0152. The van der Waals surface area contributed by atoms with Crippen LogP contribution >= 0.6 is 11.3 Å². The van der Waals surface area contributed by atoms with Gasteiger partial charge in [-0.05, 0) is 42.5 Å². The van der Waals surface area contributed by atoms with Gasteiger partial charge in [0.1, 0.15) is 5.75 Å². The van der Waals surface area contributed by atoms with Gasteiger partial charge in [0.25, 0.3) is 0 Å². The molecule has 3 heteroatoms. The third kappa shape index (κ3) is 3.37. The Morgan fingerprint density at radius 3 is 2.47 bits per heavy atom. The Bertz CT molecular complexity index is 492. The van der Waals surface area contributed by atoms with Gasteiger partial charge in [-0.3, -0.25) is 0 Å². The average Bonchev–Trinajstić information content (AvgIpc) is 2.96. The van der Waals surface area contributed by atoms with Gasteiger partial charge in [0.05, 0.1) is 6.61 Å². The molecule has 0 aliphatic carbocycles. The van der Waals surface area contributed by atoms with Crippen molar-refractivity contribution in [1.82, 2.24) is 0 Å². The van der Waals surface area contributed by atoms with Gasteiger partial charge in [0.15, 0.2) is 0 Å². The van der Waals surface area contributed by atoms with Crippen molar-refractivity contribution in [3.63, 3.8) is 0 Å². The lowest BCUT2D eigenvalue weighted by molar-refractivity contribution is 0.340. The molecule has 0 aliphatic rings. The van der Waals surface area contributed by atoms with Crippen molar-refractivity contribution in [3.8, 4) is 5.75 Å². The molecule has 19 heavy (non-hydrogen) atoms. The molecule has 0 fully saturated rings. The second kappa shape index (κ2) is 6.22. The molecule has 1 aromatic carbocycles. The Labute approximate surface area is 119 Å². The number of thiophene rings is 1. The summed E-state index contributed by atoms with van der Waals surface area (Å²) in [4.78, 5) is 1.35. The molecule has 0 bridgehead atoms. The standard InChI is InChI=1S/C16H21NOS/c1-3-18-14-8-6-13(7-9-14)11-16(2,12-17)15-5-4-10-19-15/h4-10H,3,11-12,17H2,1-2H3. The van der Waals surface area contributed by atoms with Crippen molar-refractivity contribution in [2.45, 2.75) is 25.7 Å². The van der Waals surface area contributed by atoms with Crippen molar-refractivity contribution in [1.29, 1.82) is 0 Å². The van der Waals surface area contributed by atoms with Gasteiger partial charge in [-0.25, -0.2) is 0 Å². The van der Waals surface area contributed by atoms with E-state index in [1.807, 2.05) is 19.1 Å². The van der Waals surface area contributed by atoms with Gasteiger partial charge in [0.2, 0.25) is 0 Å². The summed E-state index contributed by atoms with van der Waals surface area (Å²) in [5, 5.41) is 2.11. The van der Waals surface area contributed by atoms with Gasteiger partial charge >= 0.3 is 0 Å². The number of rotatable bonds is 6. The Morgan fingerprint density at radius 1 is 1.21 bits per heavy atom. The highest BCUT2D eigenvalue weighted by molar-refractivity contribution is 7.10. The molecule has 1 atom stereocenters. The molecular formula is C16H21NOS. The SMILES string of the molecule is CCOc1ccc(CC(C)(CN)c2cccs2)cc1. The Morgan fingerprint density at radius 2 is 1.95 bits per heavy atom. The van der Waals surface area contributed by atoms with Crippen molar-refractivity contribution < 1.29 is 4.74 Å². The van der Waals surface area contributed by atoms with Crippen LogP contribution in [0.4, 0.5) is 0 Å². The molecule has 2 rings (SSSR count). The summed E-state index contributed by atoms with van der Waals surface area (Å²) in [6, 6.07) is 12.6. The van der Waals surface area contributed by atoms with Crippen LogP contribution in [0.2, 0.25) is 0 Å². The summed E-state index contributed by atoms with van der Waals surface area (Å²) in [5.41, 5.74) is 7.32. The second-order valence-electron chi connectivity index (χ2n) is 5.00. The maximum absolute atomic E-state index is 6.01. The van der Waals surface area contributed by atoms with E-state index in [4.69, 9.17) is 10.5 Å². The third-order valence-corrected chi connectivity index (χ3v) is 4.57. The van der Waals surface area contributed by atoms with Crippen LogP contribution in [-0.4, -0.2) is 13.2 Å². The van der Waals surface area contributed by atoms with Crippen LogP contribution in [0, 0.1) is 0 Å². The molecule has 1 aromatic heterocycles. The number of benzene rings is 1. The molecule has 0 amide bonds. The lowest BCUT2D eigenvalue weighted by Crippen LogP contribution is -2.33. The summed E-state index contributed by atoms with van der Waals surface area (Å²) in [6.07, 6.45) is 0.955. The maximum atomic E-state index is 6.01. The van der Waals surface area contributed by atoms with Gasteiger partial charge < -0.3 is 10.5 Å². The van der Waals surface area contributed by atoms with E-state index in [2.05, 4.69) is 36.6 Å². The molecule has 2 aromatic rings. The van der Waals surface area contributed by atoms with E-state index in [0.29, 0.717) is 13.2 Å². The summed E-state index contributed by atoms with van der Waals surface area (Å²) in [5.74, 6) is 0.928. The van der Waals surface area contributed by atoms with Gasteiger partial charge in [-0.15, -0.1) is 11.3 Å². The first-order valence-electron chi connectivity index (χ1n) is 6.64. The van der Waals surface area contributed by atoms with Crippen molar-refractivity contribution in [2.75, 3.05) is 13.2 Å². The highest BCUT2D eigenvalue weighted by Gasteiger charge is 2.26. The largest absolute Gasteiger partial charge is 0.494 e. The quantitative estimate of drug-likeness (QED) is 0.874. The number of hydrogen-bond donors (Lipinski definition) is 1. The first-order valence-corrected chi connectivity index (χ1v) is 7.52. The van der Waals surface area contributed by atoms with Gasteiger partial charge in [-0.1, -0.05) is 25.1 Å². The molecule has 0 saturated carbocycles. The lowest BCUT2D eigenvalue weighted by Gasteiger charge is -2.27. The number of hydrogen-bond acceptors (Lipinski definition) is 3. The molecule has 0 spiro atoms. The van der Waals surface area contributed by atoms with Crippen LogP contribution in [-0.2, 0) is 11.8 Å². The van der Waals surface area contributed by atoms with Crippen molar-refractivity contribution in [2.24, 2.45) is 5.73 Å². The fraction of sp³-hybridized carbons (Fsp3) is 0.375. The zero-order valence-electron chi connectivity index (χ0n) is 11.6. The van der Waals surface area contributed by atoms with Crippen molar-refractivity contribution in [3.05, 3.63) is 52.2 Å². The van der Waals surface area contributed by atoms with E-state index in [-0.39, 0.29) is 5.41 Å². The van der Waals surface area contributed by atoms with E-state index < -0.39 is 0 Å². The third-order valence-electron chi connectivity index (χ3n) is 3.40. The zero-order chi connectivity index (χ0) is 13.7. The van der Waals surface area contributed by atoms with Crippen LogP contribution in [0.5, 0.6) is 5.75 Å². The highest BCUT2D eigenvalue weighted by Crippen LogP contribution is 2.31. The summed E-state index contributed by atoms with van der Waals surface area (Å²) < 4.78 is 5.47. The van der Waals surface area contributed by atoms with Crippen LogP contribution in [0.25, 0.3) is 0 Å². The molecule has 2 N–H and O–H groups in total. The first-order chi connectivity index (χ1) is 9.18. The highest BCUT2D eigenvalue weighted by atomic mass is 32.1. The van der Waals surface area contributed by atoms with Crippen LogP contribution < -0.4 is 10.5 Å². The topological polar surface area (TPSA) is 35.2 Å². The van der Waals surface area contributed by atoms with Gasteiger partial charge in [-0.2, -0.15) is 0 Å². The maximum Gasteiger partial charge on any atom is 0.119 e. The number of nitrogens with two attached hydrogens (primary N) is 1. The second-order valence-corrected chi connectivity index (χ2v) is 5.94. The van der Waals surface area contributed by atoms with Gasteiger partial charge in [0, 0.05) is 16.8 Å². The molecule has 1 unspecified atom stereocenters. The molecule has 1 heterocycles. The van der Waals surface area contributed by atoms with E-state index in [1.54, 1.807) is 11.3 Å². The molecule has 102 valence electrons. The normalized spacial score (nSPS) is 14.1. The van der Waals surface area contributed by atoms with Crippen LogP contribution in [0.15, 0.2) is 41.8 Å². The Balaban J connectivity index is 2.14. The summed E-state index contributed by atoms with van der Waals surface area (Å²) in [6.45, 7) is 5.58. The summed E-state index contributed by atoms with van der Waals surface area (Å²) >= 11 is 1.78. The molecule has 0 saturated heterocycles. The monoisotopic (exact) mass is 275 g/mol. The minimum Gasteiger partial charge on any atom is -0.494 e. The predicted octanol–water partition coefficient (Wildman–Crippen LogP) is 3.61. The Hall–Kier alpha value is -1.32. The van der Waals surface area contributed by atoms with E-state index in [9.17, 15) is 0 Å². The molecule has 2 nitrogen and oxygen atoms in total. The minimum atomic E-state index is 0.0152. The molecule has 0 aliphatic heterocycles. The fourth-order valence-electron chi connectivity index (χ4n) is 2.20.